The minimum absolute atomic E-state index is 0.199. The Balaban J connectivity index is 2.27. The summed E-state index contributed by atoms with van der Waals surface area (Å²) in [6.45, 7) is 1.58. The van der Waals surface area contributed by atoms with Crippen LogP contribution in [0.15, 0.2) is 42.5 Å². The Bertz CT molecular complexity index is 853. The van der Waals surface area contributed by atoms with E-state index in [0.29, 0.717) is 16.2 Å². The zero-order valence-corrected chi connectivity index (χ0v) is 11.9. The number of hydrogen-bond donors (Lipinski definition) is 1. The summed E-state index contributed by atoms with van der Waals surface area (Å²) in [5.74, 6) is -0.951. The van der Waals surface area contributed by atoms with Crippen molar-refractivity contribution in [1.82, 2.24) is 14.8 Å². The number of para-hydroxylation sites is 1. The number of nitrogens with one attached hydrogen (secondary N) is 1. The van der Waals surface area contributed by atoms with E-state index in [1.807, 2.05) is 30.3 Å². The number of hydrogen-bond acceptors (Lipinski definition) is 2. The predicted octanol–water partition coefficient (Wildman–Crippen LogP) is 4.18. The molecule has 3 nitrogen and oxygen atoms in total. The van der Waals surface area contributed by atoms with Gasteiger partial charge in [-0.1, -0.05) is 18.2 Å². The Morgan fingerprint density at radius 2 is 1.81 bits per heavy atom. The van der Waals surface area contributed by atoms with Crippen molar-refractivity contribution >= 4 is 12.2 Å². The van der Waals surface area contributed by atoms with Crippen LogP contribution in [-0.4, -0.2) is 14.8 Å². The number of nitrogens with zero attached hydrogens (tertiary/aromatic N) is 2. The molecule has 0 unspecified atom stereocenters. The van der Waals surface area contributed by atoms with Crippen molar-refractivity contribution in [2.45, 2.75) is 6.92 Å². The van der Waals surface area contributed by atoms with Crippen LogP contribution in [0.5, 0.6) is 0 Å². The van der Waals surface area contributed by atoms with Crippen molar-refractivity contribution in [3.8, 4) is 17.1 Å². The topological polar surface area (TPSA) is 33.6 Å². The van der Waals surface area contributed by atoms with Crippen LogP contribution in [0.4, 0.5) is 8.78 Å². The SMILES string of the molecule is Cc1cc(-c2n[nH]c(=S)n2-c2ccccc2)c(F)cc1F. The van der Waals surface area contributed by atoms with Gasteiger partial charge in [-0.05, 0) is 42.9 Å². The second kappa shape index (κ2) is 5.21. The number of aromatic nitrogens is 3. The molecule has 0 saturated heterocycles. The third kappa shape index (κ3) is 2.38. The highest BCUT2D eigenvalue weighted by Crippen LogP contribution is 2.26. The third-order valence-electron chi connectivity index (χ3n) is 3.18. The van der Waals surface area contributed by atoms with Crippen molar-refractivity contribution in [2.24, 2.45) is 0 Å². The lowest BCUT2D eigenvalue weighted by atomic mass is 10.1. The first-order valence-electron chi connectivity index (χ1n) is 6.27. The van der Waals surface area contributed by atoms with E-state index in [1.165, 1.54) is 6.07 Å². The maximum Gasteiger partial charge on any atom is 0.200 e. The Hall–Kier alpha value is -2.34. The quantitative estimate of drug-likeness (QED) is 0.720. The van der Waals surface area contributed by atoms with Gasteiger partial charge >= 0.3 is 0 Å². The molecule has 0 atom stereocenters. The monoisotopic (exact) mass is 303 g/mol. The Labute approximate surface area is 124 Å². The fraction of sp³-hybridized carbons (Fsp3) is 0.0667. The number of H-pyrrole nitrogens is 1. The highest BCUT2D eigenvalue weighted by Gasteiger charge is 2.16. The molecule has 106 valence electrons. The fourth-order valence-electron chi connectivity index (χ4n) is 2.12. The summed E-state index contributed by atoms with van der Waals surface area (Å²) in [4.78, 5) is 0. The summed E-state index contributed by atoms with van der Waals surface area (Å²) in [5, 5.41) is 6.73. The van der Waals surface area contributed by atoms with Crippen LogP contribution in [0.2, 0.25) is 0 Å². The lowest BCUT2D eigenvalue weighted by Crippen LogP contribution is -2.00. The van der Waals surface area contributed by atoms with Crippen LogP contribution in [0.25, 0.3) is 17.1 Å². The minimum atomic E-state index is -0.677. The van der Waals surface area contributed by atoms with Crippen LogP contribution < -0.4 is 0 Å². The van der Waals surface area contributed by atoms with E-state index in [4.69, 9.17) is 12.2 Å². The van der Waals surface area contributed by atoms with Gasteiger partial charge in [-0.3, -0.25) is 9.67 Å². The van der Waals surface area contributed by atoms with Gasteiger partial charge in [-0.15, -0.1) is 0 Å². The first-order valence-corrected chi connectivity index (χ1v) is 6.67. The van der Waals surface area contributed by atoms with Crippen LogP contribution in [0.3, 0.4) is 0 Å². The lowest BCUT2D eigenvalue weighted by Gasteiger charge is -2.08. The molecule has 0 saturated carbocycles. The molecule has 0 bridgehead atoms. The molecule has 1 aromatic heterocycles. The normalized spacial score (nSPS) is 10.8. The minimum Gasteiger partial charge on any atom is -0.268 e. The van der Waals surface area contributed by atoms with Gasteiger partial charge in [-0.25, -0.2) is 8.78 Å². The molecule has 0 amide bonds. The number of benzene rings is 2. The van der Waals surface area contributed by atoms with Gasteiger partial charge in [0.15, 0.2) is 10.6 Å². The summed E-state index contributed by atoms with van der Waals surface area (Å²) in [6, 6.07) is 11.5. The Morgan fingerprint density at radius 3 is 2.52 bits per heavy atom. The number of halogens is 2. The first kappa shape index (κ1) is 13.6. The van der Waals surface area contributed by atoms with Crippen LogP contribution >= 0.6 is 12.2 Å². The molecule has 21 heavy (non-hydrogen) atoms. The maximum absolute atomic E-state index is 14.1. The number of rotatable bonds is 2. The van der Waals surface area contributed by atoms with Gasteiger partial charge in [0.2, 0.25) is 0 Å². The second-order valence-electron chi connectivity index (χ2n) is 4.60. The molecule has 0 aliphatic rings. The summed E-state index contributed by atoms with van der Waals surface area (Å²) in [6.07, 6.45) is 0. The molecule has 0 aliphatic heterocycles. The van der Waals surface area contributed by atoms with Crippen LogP contribution in [0.1, 0.15) is 5.56 Å². The Kier molecular flexibility index (Phi) is 3.39. The van der Waals surface area contributed by atoms with Crippen molar-refractivity contribution in [3.63, 3.8) is 0 Å². The van der Waals surface area contributed by atoms with Gasteiger partial charge in [0.25, 0.3) is 0 Å². The molecule has 0 aliphatic carbocycles. The molecule has 1 N–H and O–H groups in total. The van der Waals surface area contributed by atoms with E-state index in [-0.39, 0.29) is 5.56 Å². The largest absolute Gasteiger partial charge is 0.268 e. The summed E-state index contributed by atoms with van der Waals surface area (Å²) >= 11 is 5.21. The highest BCUT2D eigenvalue weighted by molar-refractivity contribution is 7.71. The van der Waals surface area contributed by atoms with Crippen LogP contribution in [-0.2, 0) is 0 Å². The second-order valence-corrected chi connectivity index (χ2v) is 4.99. The molecular formula is C15H11F2N3S. The van der Waals surface area contributed by atoms with Crippen molar-refractivity contribution in [1.29, 1.82) is 0 Å². The molecule has 2 aromatic carbocycles. The first-order chi connectivity index (χ1) is 10.1. The summed E-state index contributed by atoms with van der Waals surface area (Å²) in [7, 11) is 0. The smallest absolute Gasteiger partial charge is 0.200 e. The van der Waals surface area contributed by atoms with E-state index in [0.717, 1.165) is 11.8 Å². The van der Waals surface area contributed by atoms with Gasteiger partial charge in [-0.2, -0.15) is 5.10 Å². The molecule has 3 aromatic rings. The highest BCUT2D eigenvalue weighted by atomic mass is 32.1. The predicted molar refractivity (Wildman–Crippen MR) is 78.8 cm³/mol. The van der Waals surface area contributed by atoms with Gasteiger partial charge in [0.05, 0.1) is 5.56 Å². The molecule has 3 rings (SSSR count). The molecule has 1 heterocycles. The average molecular weight is 303 g/mol. The molecular weight excluding hydrogens is 292 g/mol. The van der Waals surface area contributed by atoms with E-state index >= 15 is 0 Å². The average Bonchev–Trinajstić information content (AvgIpc) is 2.85. The molecule has 0 radical (unpaired) electrons. The Morgan fingerprint density at radius 1 is 1.10 bits per heavy atom. The number of aryl methyl sites for hydroxylation is 1. The lowest BCUT2D eigenvalue weighted by molar-refractivity contribution is 0.578. The van der Waals surface area contributed by atoms with Gasteiger partial charge in [0.1, 0.15) is 11.6 Å². The van der Waals surface area contributed by atoms with Crippen molar-refractivity contribution in [3.05, 3.63) is 64.4 Å². The number of aromatic amines is 1. The van der Waals surface area contributed by atoms with Crippen molar-refractivity contribution < 1.29 is 8.78 Å². The van der Waals surface area contributed by atoms with Crippen molar-refractivity contribution in [2.75, 3.05) is 0 Å². The van der Waals surface area contributed by atoms with Gasteiger partial charge in [0, 0.05) is 11.8 Å². The standard InChI is InChI=1S/C15H11F2N3S/c1-9-7-11(13(17)8-12(9)16)14-18-19-15(21)20(14)10-5-3-2-4-6-10/h2-8H,1H3,(H,19,21). The zero-order chi connectivity index (χ0) is 15.0. The third-order valence-corrected chi connectivity index (χ3v) is 3.45. The zero-order valence-electron chi connectivity index (χ0n) is 11.1. The van der Waals surface area contributed by atoms with Gasteiger partial charge < -0.3 is 0 Å². The van der Waals surface area contributed by atoms with E-state index in [2.05, 4.69) is 10.2 Å². The maximum atomic E-state index is 14.1. The summed E-state index contributed by atoms with van der Waals surface area (Å²) < 4.78 is 29.4. The van der Waals surface area contributed by atoms with E-state index in [9.17, 15) is 8.78 Å². The fourth-order valence-corrected chi connectivity index (χ4v) is 2.36. The summed E-state index contributed by atoms with van der Waals surface area (Å²) in [5.41, 5.74) is 1.30. The van der Waals surface area contributed by atoms with E-state index < -0.39 is 11.6 Å². The molecule has 6 heteroatoms. The molecule has 0 fully saturated rings. The molecule has 0 spiro atoms. The van der Waals surface area contributed by atoms with E-state index in [1.54, 1.807) is 11.5 Å². The van der Waals surface area contributed by atoms with Crippen LogP contribution in [0, 0.1) is 23.3 Å².